The molecule has 2 heterocycles. The van der Waals surface area contributed by atoms with Crippen LogP contribution in [0.15, 0.2) is 42.0 Å². The SMILES string of the molecule is COc1cccc(C2/C(=C(/O)c3ccc(OC(C)C)c(C)c3)C(=O)C(=O)N2CCCN2CCOCC2)c1OC. The molecule has 0 bridgehead atoms. The number of hydrogen-bond acceptors (Lipinski definition) is 8. The van der Waals surface area contributed by atoms with Gasteiger partial charge in [0.1, 0.15) is 11.5 Å². The molecule has 0 radical (unpaired) electrons. The van der Waals surface area contributed by atoms with E-state index in [2.05, 4.69) is 4.90 Å². The van der Waals surface area contributed by atoms with Crippen molar-refractivity contribution in [2.45, 2.75) is 39.3 Å². The highest BCUT2D eigenvalue weighted by atomic mass is 16.5. The van der Waals surface area contributed by atoms with E-state index in [1.54, 1.807) is 36.4 Å². The Morgan fingerprint density at radius 1 is 1.05 bits per heavy atom. The van der Waals surface area contributed by atoms with Crippen LogP contribution in [0.2, 0.25) is 0 Å². The maximum absolute atomic E-state index is 13.5. The molecule has 0 aliphatic carbocycles. The molecule has 210 valence electrons. The third kappa shape index (κ3) is 6.04. The van der Waals surface area contributed by atoms with Crippen molar-refractivity contribution >= 4 is 17.4 Å². The quantitative estimate of drug-likeness (QED) is 0.276. The zero-order valence-corrected chi connectivity index (χ0v) is 23.4. The molecule has 0 aromatic heterocycles. The van der Waals surface area contributed by atoms with Gasteiger partial charge in [-0.25, -0.2) is 0 Å². The van der Waals surface area contributed by atoms with Crippen LogP contribution in [0.4, 0.5) is 0 Å². The maximum Gasteiger partial charge on any atom is 0.295 e. The van der Waals surface area contributed by atoms with Gasteiger partial charge in [-0.2, -0.15) is 0 Å². The predicted molar refractivity (Wildman–Crippen MR) is 147 cm³/mol. The molecule has 2 aliphatic heterocycles. The summed E-state index contributed by atoms with van der Waals surface area (Å²) in [5.41, 5.74) is 1.83. The lowest BCUT2D eigenvalue weighted by Crippen LogP contribution is -2.39. The van der Waals surface area contributed by atoms with Gasteiger partial charge in [0, 0.05) is 37.3 Å². The Kier molecular flexibility index (Phi) is 9.14. The lowest BCUT2D eigenvalue weighted by atomic mass is 9.93. The molecule has 1 unspecified atom stereocenters. The van der Waals surface area contributed by atoms with Crippen molar-refractivity contribution in [2.75, 3.05) is 53.6 Å². The van der Waals surface area contributed by atoms with Crippen LogP contribution in [0.25, 0.3) is 5.76 Å². The number of benzene rings is 2. The van der Waals surface area contributed by atoms with Gasteiger partial charge in [-0.15, -0.1) is 0 Å². The number of amides is 1. The average Bonchev–Trinajstić information content (AvgIpc) is 3.18. The van der Waals surface area contributed by atoms with Gasteiger partial charge in [0.05, 0.1) is 45.2 Å². The first-order valence-electron chi connectivity index (χ1n) is 13.3. The number of para-hydroxylation sites is 1. The second kappa shape index (κ2) is 12.5. The molecule has 2 fully saturated rings. The first kappa shape index (κ1) is 28.4. The Morgan fingerprint density at radius 2 is 1.79 bits per heavy atom. The van der Waals surface area contributed by atoms with Crippen molar-refractivity contribution in [3.8, 4) is 17.2 Å². The summed E-state index contributed by atoms with van der Waals surface area (Å²) in [7, 11) is 3.05. The Labute approximate surface area is 229 Å². The van der Waals surface area contributed by atoms with Crippen molar-refractivity contribution in [1.29, 1.82) is 0 Å². The Morgan fingerprint density at radius 3 is 2.44 bits per heavy atom. The topological polar surface area (TPSA) is 97.8 Å². The number of Topliss-reactive ketones (excluding diaryl/α,β-unsaturated/α-hetero) is 1. The van der Waals surface area contributed by atoms with Crippen molar-refractivity contribution in [3.63, 3.8) is 0 Å². The average molecular weight is 539 g/mol. The van der Waals surface area contributed by atoms with E-state index in [0.717, 1.165) is 25.2 Å². The minimum atomic E-state index is -0.841. The van der Waals surface area contributed by atoms with Gasteiger partial charge in [-0.3, -0.25) is 14.5 Å². The highest BCUT2D eigenvalue weighted by molar-refractivity contribution is 6.46. The molecule has 1 atom stereocenters. The molecule has 1 amide bonds. The zero-order valence-electron chi connectivity index (χ0n) is 23.4. The summed E-state index contributed by atoms with van der Waals surface area (Å²) in [6, 6.07) is 9.72. The fourth-order valence-corrected chi connectivity index (χ4v) is 5.19. The van der Waals surface area contributed by atoms with E-state index in [-0.39, 0.29) is 17.4 Å². The Bertz CT molecular complexity index is 1230. The molecule has 1 N–H and O–H groups in total. The minimum Gasteiger partial charge on any atom is -0.507 e. The summed E-state index contributed by atoms with van der Waals surface area (Å²) >= 11 is 0. The summed E-state index contributed by atoms with van der Waals surface area (Å²) in [5.74, 6) is -0.0409. The highest BCUT2D eigenvalue weighted by Crippen LogP contribution is 2.45. The molecule has 2 aromatic rings. The molecule has 9 heteroatoms. The number of rotatable bonds is 10. The third-order valence-corrected chi connectivity index (χ3v) is 7.06. The number of methoxy groups -OCH3 is 2. The molecular weight excluding hydrogens is 500 g/mol. The standard InChI is InChI=1S/C30H38N2O7/c1-19(2)39-23-11-10-21(18-20(23)3)27(33)25-26(22-8-6-9-24(36-4)29(22)37-5)32(30(35)28(25)34)13-7-12-31-14-16-38-17-15-31/h6,8-11,18-19,26,33H,7,12-17H2,1-5H3/b27-25-. The summed E-state index contributed by atoms with van der Waals surface area (Å²) in [6.07, 6.45) is 0.655. The van der Waals surface area contributed by atoms with E-state index in [9.17, 15) is 14.7 Å². The molecule has 2 saturated heterocycles. The monoisotopic (exact) mass is 538 g/mol. The summed E-state index contributed by atoms with van der Waals surface area (Å²) in [5, 5.41) is 11.5. The zero-order chi connectivity index (χ0) is 28.1. The van der Waals surface area contributed by atoms with Crippen molar-refractivity contribution in [3.05, 3.63) is 58.7 Å². The lowest BCUT2D eigenvalue weighted by Gasteiger charge is -2.30. The number of aryl methyl sites for hydroxylation is 1. The van der Waals surface area contributed by atoms with Gasteiger partial charge in [-0.1, -0.05) is 12.1 Å². The molecule has 39 heavy (non-hydrogen) atoms. The summed E-state index contributed by atoms with van der Waals surface area (Å²) in [4.78, 5) is 30.7. The molecule has 0 saturated carbocycles. The smallest absolute Gasteiger partial charge is 0.295 e. The largest absolute Gasteiger partial charge is 0.507 e. The number of ether oxygens (including phenoxy) is 4. The van der Waals surface area contributed by atoms with Crippen LogP contribution in [0.3, 0.4) is 0 Å². The molecular formula is C30H38N2O7. The van der Waals surface area contributed by atoms with Crippen LogP contribution in [-0.4, -0.2) is 86.3 Å². The lowest BCUT2D eigenvalue weighted by molar-refractivity contribution is -0.140. The number of aliphatic hydroxyl groups excluding tert-OH is 1. The molecule has 2 aliphatic rings. The number of ketones is 1. The highest BCUT2D eigenvalue weighted by Gasteiger charge is 2.47. The van der Waals surface area contributed by atoms with E-state index >= 15 is 0 Å². The minimum absolute atomic E-state index is 0.00791. The van der Waals surface area contributed by atoms with E-state index in [1.165, 1.54) is 19.1 Å². The number of aliphatic hydroxyl groups is 1. The van der Waals surface area contributed by atoms with Crippen molar-refractivity contribution < 1.29 is 33.6 Å². The number of hydrogen-bond donors (Lipinski definition) is 1. The van der Waals surface area contributed by atoms with Gasteiger partial charge in [0.25, 0.3) is 11.7 Å². The fraction of sp³-hybridized carbons (Fsp3) is 0.467. The van der Waals surface area contributed by atoms with Crippen LogP contribution in [0.5, 0.6) is 17.2 Å². The van der Waals surface area contributed by atoms with Crippen LogP contribution < -0.4 is 14.2 Å². The van der Waals surface area contributed by atoms with Gasteiger partial charge < -0.3 is 29.0 Å². The van der Waals surface area contributed by atoms with E-state index < -0.39 is 17.7 Å². The normalized spacial score (nSPS) is 19.5. The molecule has 0 spiro atoms. The maximum atomic E-state index is 13.5. The second-order valence-electron chi connectivity index (χ2n) is 10.0. The van der Waals surface area contributed by atoms with Crippen LogP contribution in [0, 0.1) is 6.92 Å². The number of morpholine rings is 1. The molecule has 9 nitrogen and oxygen atoms in total. The van der Waals surface area contributed by atoms with Crippen molar-refractivity contribution in [2.24, 2.45) is 0 Å². The van der Waals surface area contributed by atoms with E-state index in [0.29, 0.717) is 54.6 Å². The Hall–Kier alpha value is -3.56. The first-order chi connectivity index (χ1) is 18.8. The van der Waals surface area contributed by atoms with Crippen LogP contribution >= 0.6 is 0 Å². The van der Waals surface area contributed by atoms with Crippen molar-refractivity contribution in [1.82, 2.24) is 9.80 Å². The van der Waals surface area contributed by atoms with Gasteiger partial charge in [-0.05, 0) is 57.0 Å². The first-order valence-corrected chi connectivity index (χ1v) is 13.3. The Balaban J connectivity index is 1.76. The third-order valence-electron chi connectivity index (χ3n) is 7.06. The van der Waals surface area contributed by atoms with Gasteiger partial charge in [0.2, 0.25) is 0 Å². The van der Waals surface area contributed by atoms with E-state index in [1.807, 2.05) is 20.8 Å². The van der Waals surface area contributed by atoms with Gasteiger partial charge in [0.15, 0.2) is 11.5 Å². The molecule has 2 aromatic carbocycles. The number of likely N-dealkylation sites (tertiary alicyclic amines) is 1. The predicted octanol–water partition coefficient (Wildman–Crippen LogP) is 3.94. The van der Waals surface area contributed by atoms with Crippen LogP contribution in [0.1, 0.15) is 43.0 Å². The molecule has 4 rings (SSSR count). The number of nitrogens with zero attached hydrogens (tertiary/aromatic N) is 2. The fourth-order valence-electron chi connectivity index (χ4n) is 5.19. The van der Waals surface area contributed by atoms with E-state index in [4.69, 9.17) is 18.9 Å². The van der Waals surface area contributed by atoms with Gasteiger partial charge >= 0.3 is 0 Å². The van der Waals surface area contributed by atoms with Crippen LogP contribution in [-0.2, 0) is 14.3 Å². The number of carbonyl (C=O) groups is 2. The summed E-state index contributed by atoms with van der Waals surface area (Å²) < 4.78 is 22.5. The second-order valence-corrected chi connectivity index (χ2v) is 10.0. The number of carbonyl (C=O) groups excluding carboxylic acids is 2. The summed E-state index contributed by atoms with van der Waals surface area (Å²) in [6.45, 7) is 9.91.